The van der Waals surface area contributed by atoms with Gasteiger partial charge in [-0.2, -0.15) is 0 Å². The lowest BCUT2D eigenvalue weighted by atomic mass is 10.0. The summed E-state index contributed by atoms with van der Waals surface area (Å²) >= 11 is 0. The number of aliphatic hydroxyl groups excluding tert-OH is 2. The van der Waals surface area contributed by atoms with Gasteiger partial charge in [0.2, 0.25) is 5.91 Å². The molecule has 6 nitrogen and oxygen atoms in total. The first-order chi connectivity index (χ1) is 33.0. The van der Waals surface area contributed by atoms with Crippen molar-refractivity contribution in [3.05, 3.63) is 36.5 Å². The normalized spacial score (nSPS) is 12.8. The molecule has 3 N–H and O–H groups in total. The van der Waals surface area contributed by atoms with Gasteiger partial charge in [0.1, 0.15) is 0 Å². The Bertz CT molecular complexity index is 1090. The highest BCUT2D eigenvalue weighted by Crippen LogP contribution is 2.17. The van der Waals surface area contributed by atoms with E-state index in [1.165, 1.54) is 231 Å². The molecular weight excluding hydrogens is 827 g/mol. The molecule has 0 saturated carbocycles. The van der Waals surface area contributed by atoms with Gasteiger partial charge in [-0.25, -0.2) is 0 Å². The van der Waals surface area contributed by atoms with Crippen molar-refractivity contribution < 1.29 is 24.5 Å². The molecule has 2 unspecified atom stereocenters. The van der Waals surface area contributed by atoms with Crippen LogP contribution in [0.1, 0.15) is 316 Å². The van der Waals surface area contributed by atoms with Gasteiger partial charge in [0.15, 0.2) is 0 Å². The van der Waals surface area contributed by atoms with E-state index in [-0.39, 0.29) is 18.5 Å². The zero-order valence-electron chi connectivity index (χ0n) is 44.9. The molecule has 0 radical (unpaired) electrons. The fraction of sp³-hybridized carbons (Fsp3) is 0.869. The molecule has 0 heterocycles. The van der Waals surface area contributed by atoms with E-state index in [1.807, 2.05) is 12.2 Å². The highest BCUT2D eigenvalue weighted by atomic mass is 16.5. The second-order valence-electron chi connectivity index (χ2n) is 20.3. The summed E-state index contributed by atoms with van der Waals surface area (Å²) in [6.45, 7) is 4.86. The number of aliphatic hydroxyl groups is 2. The Labute approximate surface area is 417 Å². The average Bonchev–Trinajstić information content (AvgIpc) is 3.33. The fourth-order valence-electron chi connectivity index (χ4n) is 9.10. The SMILES string of the molecule is CCCCCCCCCCCCCCCCCCC/C=C/C(O)C(CO)NC(=O)CC/C=C\C/C=C\CCCCCCCCOC(=O)CCCCCCCCCCCCCCCCCCCC. The van der Waals surface area contributed by atoms with Crippen molar-refractivity contribution in [2.24, 2.45) is 0 Å². The predicted octanol–water partition coefficient (Wildman–Crippen LogP) is 18.4. The number of esters is 1. The van der Waals surface area contributed by atoms with Crippen LogP contribution in [-0.2, 0) is 14.3 Å². The number of hydrogen-bond donors (Lipinski definition) is 3. The third-order valence-corrected chi connectivity index (χ3v) is 13.7. The zero-order valence-corrected chi connectivity index (χ0v) is 44.9. The molecule has 0 fully saturated rings. The summed E-state index contributed by atoms with van der Waals surface area (Å²) in [5.74, 6) is -0.160. The number of nitrogens with one attached hydrogen (secondary N) is 1. The molecular formula is C61H115NO5. The summed E-state index contributed by atoms with van der Waals surface area (Å²) in [6.07, 6.45) is 70.4. The molecule has 0 aliphatic rings. The van der Waals surface area contributed by atoms with E-state index in [4.69, 9.17) is 4.74 Å². The summed E-state index contributed by atoms with van der Waals surface area (Å²) in [6, 6.07) is -0.672. The van der Waals surface area contributed by atoms with E-state index in [0.717, 1.165) is 51.4 Å². The largest absolute Gasteiger partial charge is 0.466 e. The van der Waals surface area contributed by atoms with Gasteiger partial charge in [0.05, 0.1) is 25.4 Å². The topological polar surface area (TPSA) is 95.9 Å². The number of amides is 1. The lowest BCUT2D eigenvalue weighted by molar-refractivity contribution is -0.143. The quantitative estimate of drug-likeness (QED) is 0.0321. The van der Waals surface area contributed by atoms with Crippen molar-refractivity contribution in [2.45, 2.75) is 328 Å². The second kappa shape index (κ2) is 56.7. The number of carbonyl (C=O) groups is 2. The van der Waals surface area contributed by atoms with Crippen LogP contribution in [-0.4, -0.2) is 47.4 Å². The maximum Gasteiger partial charge on any atom is 0.305 e. The van der Waals surface area contributed by atoms with Crippen molar-refractivity contribution in [3.8, 4) is 0 Å². The van der Waals surface area contributed by atoms with Crippen LogP contribution in [0.15, 0.2) is 36.5 Å². The summed E-state index contributed by atoms with van der Waals surface area (Å²) in [5.41, 5.74) is 0. The highest BCUT2D eigenvalue weighted by Gasteiger charge is 2.17. The van der Waals surface area contributed by atoms with Crippen LogP contribution < -0.4 is 5.32 Å². The average molecular weight is 943 g/mol. The molecule has 6 heteroatoms. The summed E-state index contributed by atoms with van der Waals surface area (Å²) in [7, 11) is 0. The molecule has 0 aromatic heterocycles. The van der Waals surface area contributed by atoms with Gasteiger partial charge >= 0.3 is 5.97 Å². The predicted molar refractivity (Wildman–Crippen MR) is 292 cm³/mol. The van der Waals surface area contributed by atoms with Gasteiger partial charge < -0.3 is 20.3 Å². The maximum atomic E-state index is 12.4. The van der Waals surface area contributed by atoms with Crippen molar-refractivity contribution in [2.75, 3.05) is 13.2 Å². The molecule has 394 valence electrons. The van der Waals surface area contributed by atoms with E-state index < -0.39 is 12.1 Å². The molecule has 0 saturated heterocycles. The van der Waals surface area contributed by atoms with Crippen molar-refractivity contribution in [1.82, 2.24) is 5.32 Å². The molecule has 0 aliphatic heterocycles. The lowest BCUT2D eigenvalue weighted by Crippen LogP contribution is -2.45. The molecule has 67 heavy (non-hydrogen) atoms. The standard InChI is InChI=1S/C61H115NO5/c1-3-5-7-9-11-13-15-17-19-21-23-24-26-29-33-37-41-45-49-53-59(64)58(57-63)62-60(65)54-50-46-42-38-34-30-28-32-36-40-44-48-52-56-67-61(66)55-51-47-43-39-35-31-27-25-22-20-18-16-14-12-10-8-6-4-2/h30,34,42,46,49,53,58-59,63-64H,3-29,31-33,35-41,43-45,47-48,50-52,54-57H2,1-2H3,(H,62,65)/b34-30-,46-42-,53-49+. The zero-order chi connectivity index (χ0) is 48.6. The minimum absolute atomic E-state index is 0.0139. The van der Waals surface area contributed by atoms with Crippen LogP contribution in [0.4, 0.5) is 0 Å². The van der Waals surface area contributed by atoms with Crippen molar-refractivity contribution in [3.63, 3.8) is 0 Å². The second-order valence-corrected chi connectivity index (χ2v) is 20.3. The van der Waals surface area contributed by atoms with Crippen LogP contribution in [0.3, 0.4) is 0 Å². The van der Waals surface area contributed by atoms with E-state index in [2.05, 4.69) is 37.4 Å². The van der Waals surface area contributed by atoms with E-state index >= 15 is 0 Å². The van der Waals surface area contributed by atoms with Crippen LogP contribution in [0.5, 0.6) is 0 Å². The number of rotatable bonds is 55. The minimum Gasteiger partial charge on any atom is -0.466 e. The molecule has 0 aliphatic carbocycles. The Morgan fingerprint density at radius 1 is 0.418 bits per heavy atom. The van der Waals surface area contributed by atoms with Crippen LogP contribution in [0.25, 0.3) is 0 Å². The van der Waals surface area contributed by atoms with Gasteiger partial charge in [-0.15, -0.1) is 0 Å². The van der Waals surface area contributed by atoms with Gasteiger partial charge in [0.25, 0.3) is 0 Å². The monoisotopic (exact) mass is 942 g/mol. The lowest BCUT2D eigenvalue weighted by Gasteiger charge is -2.19. The third kappa shape index (κ3) is 53.3. The molecule has 1 amide bonds. The highest BCUT2D eigenvalue weighted by molar-refractivity contribution is 5.76. The van der Waals surface area contributed by atoms with E-state index in [0.29, 0.717) is 25.9 Å². The Morgan fingerprint density at radius 2 is 0.761 bits per heavy atom. The van der Waals surface area contributed by atoms with Crippen LogP contribution in [0, 0.1) is 0 Å². The molecule has 0 aromatic carbocycles. The molecule has 0 rings (SSSR count). The molecule has 0 aromatic rings. The van der Waals surface area contributed by atoms with Crippen LogP contribution in [0.2, 0.25) is 0 Å². The molecule has 0 spiro atoms. The summed E-state index contributed by atoms with van der Waals surface area (Å²) in [4.78, 5) is 24.5. The Balaban J connectivity index is 3.54. The summed E-state index contributed by atoms with van der Waals surface area (Å²) < 4.78 is 5.47. The molecule has 0 bridgehead atoms. The van der Waals surface area contributed by atoms with Crippen molar-refractivity contribution >= 4 is 11.9 Å². The fourth-order valence-corrected chi connectivity index (χ4v) is 9.10. The smallest absolute Gasteiger partial charge is 0.305 e. The third-order valence-electron chi connectivity index (χ3n) is 13.7. The van der Waals surface area contributed by atoms with Crippen molar-refractivity contribution in [1.29, 1.82) is 0 Å². The Morgan fingerprint density at radius 3 is 1.16 bits per heavy atom. The first kappa shape index (κ1) is 65.1. The van der Waals surface area contributed by atoms with Gasteiger partial charge in [-0.05, 0) is 51.4 Å². The van der Waals surface area contributed by atoms with Gasteiger partial charge in [-0.3, -0.25) is 9.59 Å². The van der Waals surface area contributed by atoms with Gasteiger partial charge in [-0.1, -0.05) is 288 Å². The van der Waals surface area contributed by atoms with E-state index in [9.17, 15) is 19.8 Å². The number of carbonyl (C=O) groups excluding carboxylic acids is 2. The number of ether oxygens (including phenoxy) is 1. The first-order valence-corrected chi connectivity index (χ1v) is 29.8. The van der Waals surface area contributed by atoms with Crippen LogP contribution >= 0.6 is 0 Å². The number of allylic oxidation sites excluding steroid dienone is 5. The maximum absolute atomic E-state index is 12.4. The minimum atomic E-state index is -0.880. The first-order valence-electron chi connectivity index (χ1n) is 29.8. The van der Waals surface area contributed by atoms with E-state index in [1.54, 1.807) is 6.08 Å². The van der Waals surface area contributed by atoms with Gasteiger partial charge in [0, 0.05) is 12.8 Å². The molecule has 2 atom stereocenters. The Kier molecular flexibility index (Phi) is 55.0. The number of hydrogen-bond acceptors (Lipinski definition) is 5. The Hall–Kier alpha value is -1.92. The summed E-state index contributed by atoms with van der Waals surface area (Å²) in [5, 5.41) is 23.1. The number of unbranched alkanes of at least 4 members (excludes halogenated alkanes) is 40.